The van der Waals surface area contributed by atoms with Gasteiger partial charge in [0.1, 0.15) is 18.2 Å². The van der Waals surface area contributed by atoms with Crippen LogP contribution in [0.2, 0.25) is 0 Å². The van der Waals surface area contributed by atoms with Gasteiger partial charge in [-0.1, -0.05) is 13.8 Å². The first-order valence-corrected chi connectivity index (χ1v) is 8.60. The molecule has 0 saturated carbocycles. The predicted octanol–water partition coefficient (Wildman–Crippen LogP) is 2.58. The van der Waals surface area contributed by atoms with Crippen molar-refractivity contribution in [2.24, 2.45) is 5.92 Å². The van der Waals surface area contributed by atoms with Crippen LogP contribution < -0.4 is 10.1 Å². The van der Waals surface area contributed by atoms with Crippen LogP contribution in [0.1, 0.15) is 20.8 Å². The van der Waals surface area contributed by atoms with Gasteiger partial charge in [0.05, 0.1) is 6.04 Å². The molecule has 1 aliphatic rings. The Hall–Kier alpha value is -1.82. The van der Waals surface area contributed by atoms with Crippen LogP contribution in [0.4, 0.5) is 9.18 Å². The lowest BCUT2D eigenvalue weighted by Gasteiger charge is -2.36. The summed E-state index contributed by atoms with van der Waals surface area (Å²) in [5.74, 6) is 0.953. The molecule has 1 unspecified atom stereocenters. The van der Waals surface area contributed by atoms with Crippen LogP contribution in [0.3, 0.4) is 0 Å². The first kappa shape index (κ1) is 18.5. The number of rotatable bonds is 6. The van der Waals surface area contributed by atoms with Crippen LogP contribution >= 0.6 is 0 Å². The van der Waals surface area contributed by atoms with Crippen molar-refractivity contribution in [1.82, 2.24) is 15.1 Å². The summed E-state index contributed by atoms with van der Waals surface area (Å²) in [7, 11) is 0. The van der Waals surface area contributed by atoms with E-state index in [9.17, 15) is 9.18 Å². The van der Waals surface area contributed by atoms with Gasteiger partial charge in [0, 0.05) is 32.7 Å². The molecule has 1 fully saturated rings. The van der Waals surface area contributed by atoms with Gasteiger partial charge < -0.3 is 15.0 Å². The zero-order chi connectivity index (χ0) is 17.5. The molecule has 0 radical (unpaired) electrons. The van der Waals surface area contributed by atoms with Crippen molar-refractivity contribution in [3.05, 3.63) is 30.1 Å². The number of carbonyl (C=O) groups is 1. The minimum absolute atomic E-state index is 0.0468. The lowest BCUT2D eigenvalue weighted by Crippen LogP contribution is -2.54. The Kier molecular flexibility index (Phi) is 6.85. The molecule has 1 N–H and O–H groups in total. The minimum atomic E-state index is -0.291. The maximum absolute atomic E-state index is 12.8. The highest BCUT2D eigenvalue weighted by Gasteiger charge is 2.22. The molecule has 1 atom stereocenters. The summed E-state index contributed by atoms with van der Waals surface area (Å²) in [5, 5.41) is 2.96. The Labute approximate surface area is 143 Å². The first-order valence-electron chi connectivity index (χ1n) is 8.60. The zero-order valence-electron chi connectivity index (χ0n) is 14.8. The highest BCUT2D eigenvalue weighted by atomic mass is 19.1. The van der Waals surface area contributed by atoms with Gasteiger partial charge in [0.25, 0.3) is 0 Å². The highest BCUT2D eigenvalue weighted by Crippen LogP contribution is 2.11. The largest absolute Gasteiger partial charge is 0.491 e. The van der Waals surface area contributed by atoms with Gasteiger partial charge in [-0.25, -0.2) is 9.18 Å². The minimum Gasteiger partial charge on any atom is -0.491 e. The van der Waals surface area contributed by atoms with E-state index in [0.29, 0.717) is 18.3 Å². The number of halogens is 1. The van der Waals surface area contributed by atoms with Crippen molar-refractivity contribution >= 4 is 6.03 Å². The van der Waals surface area contributed by atoms with E-state index in [1.807, 2.05) is 11.8 Å². The molecule has 1 aromatic carbocycles. The van der Waals surface area contributed by atoms with Crippen LogP contribution in [0, 0.1) is 11.7 Å². The monoisotopic (exact) mass is 337 g/mol. The Morgan fingerprint density at radius 1 is 1.17 bits per heavy atom. The summed E-state index contributed by atoms with van der Waals surface area (Å²) in [5.41, 5.74) is 0. The van der Waals surface area contributed by atoms with Crippen LogP contribution in [0.5, 0.6) is 5.75 Å². The summed E-state index contributed by atoms with van der Waals surface area (Å²) in [6, 6.07) is 5.71. The summed E-state index contributed by atoms with van der Waals surface area (Å²) >= 11 is 0. The Balaban J connectivity index is 1.69. The van der Waals surface area contributed by atoms with E-state index < -0.39 is 0 Å². The van der Waals surface area contributed by atoms with E-state index in [0.717, 1.165) is 32.7 Å². The molecule has 0 bridgehead atoms. The van der Waals surface area contributed by atoms with Gasteiger partial charge in [-0.3, -0.25) is 4.90 Å². The summed E-state index contributed by atoms with van der Waals surface area (Å²) < 4.78 is 18.4. The van der Waals surface area contributed by atoms with E-state index >= 15 is 0 Å². The smallest absolute Gasteiger partial charge is 0.317 e. The summed E-state index contributed by atoms with van der Waals surface area (Å²) in [6.45, 7) is 11.1. The van der Waals surface area contributed by atoms with Crippen molar-refractivity contribution in [3.8, 4) is 5.75 Å². The van der Waals surface area contributed by atoms with E-state index in [-0.39, 0.29) is 17.9 Å². The van der Waals surface area contributed by atoms with Crippen LogP contribution in [-0.4, -0.2) is 61.2 Å². The molecule has 24 heavy (non-hydrogen) atoms. The van der Waals surface area contributed by atoms with Gasteiger partial charge in [0.2, 0.25) is 0 Å². The second-order valence-electron chi connectivity index (χ2n) is 6.80. The number of benzene rings is 1. The van der Waals surface area contributed by atoms with Gasteiger partial charge >= 0.3 is 6.03 Å². The number of carbonyl (C=O) groups excluding carboxylic acids is 1. The molecule has 1 heterocycles. The van der Waals surface area contributed by atoms with E-state index in [1.165, 1.54) is 12.1 Å². The fourth-order valence-corrected chi connectivity index (χ4v) is 2.75. The molecule has 1 aromatic rings. The highest BCUT2D eigenvalue weighted by molar-refractivity contribution is 5.74. The molecule has 0 spiro atoms. The zero-order valence-corrected chi connectivity index (χ0v) is 14.8. The predicted molar refractivity (Wildman–Crippen MR) is 92.7 cm³/mol. The molecule has 6 heteroatoms. The van der Waals surface area contributed by atoms with Gasteiger partial charge in [-0.05, 0) is 37.1 Å². The third kappa shape index (κ3) is 6.00. The first-order chi connectivity index (χ1) is 11.4. The molecule has 0 aliphatic carbocycles. The summed E-state index contributed by atoms with van der Waals surface area (Å²) in [6.07, 6.45) is 0. The second-order valence-corrected chi connectivity index (χ2v) is 6.80. The maximum Gasteiger partial charge on any atom is 0.317 e. The quantitative estimate of drug-likeness (QED) is 0.868. The average molecular weight is 337 g/mol. The Morgan fingerprint density at radius 2 is 1.79 bits per heavy atom. The van der Waals surface area contributed by atoms with Crippen molar-refractivity contribution in [1.29, 1.82) is 0 Å². The number of nitrogens with zero attached hydrogens (tertiary/aromatic N) is 2. The molecule has 1 aliphatic heterocycles. The Morgan fingerprint density at radius 3 is 2.38 bits per heavy atom. The average Bonchev–Trinajstić information content (AvgIpc) is 2.54. The van der Waals surface area contributed by atoms with Gasteiger partial charge in [-0.2, -0.15) is 0 Å². The number of ether oxygens (including phenoxy) is 1. The number of nitrogens with one attached hydrogen (secondary N) is 1. The number of urea groups is 1. The molecule has 2 amide bonds. The topological polar surface area (TPSA) is 44.8 Å². The third-order valence-electron chi connectivity index (χ3n) is 3.97. The molecular formula is C18H28FN3O2. The summed E-state index contributed by atoms with van der Waals surface area (Å²) in [4.78, 5) is 16.5. The van der Waals surface area contributed by atoms with E-state index in [1.54, 1.807) is 12.1 Å². The molecule has 134 valence electrons. The third-order valence-corrected chi connectivity index (χ3v) is 3.97. The van der Waals surface area contributed by atoms with Crippen molar-refractivity contribution in [2.75, 3.05) is 39.3 Å². The fraction of sp³-hybridized carbons (Fsp3) is 0.611. The number of hydrogen-bond donors (Lipinski definition) is 1. The SMILES string of the molecule is CC(C)CN1CCN(C(=O)NC(C)COc2ccc(F)cc2)CC1. The number of hydrogen-bond acceptors (Lipinski definition) is 3. The van der Waals surface area contributed by atoms with Crippen molar-refractivity contribution < 1.29 is 13.9 Å². The van der Waals surface area contributed by atoms with Crippen LogP contribution in [0.25, 0.3) is 0 Å². The molecule has 0 aromatic heterocycles. The van der Waals surface area contributed by atoms with E-state index in [4.69, 9.17) is 4.74 Å². The van der Waals surface area contributed by atoms with Gasteiger partial charge in [-0.15, -0.1) is 0 Å². The number of piperazine rings is 1. The van der Waals surface area contributed by atoms with E-state index in [2.05, 4.69) is 24.1 Å². The standard InChI is InChI=1S/C18H28FN3O2/c1-14(2)12-21-8-10-22(11-9-21)18(23)20-15(3)13-24-17-6-4-16(19)5-7-17/h4-7,14-15H,8-13H2,1-3H3,(H,20,23). The normalized spacial score (nSPS) is 17.0. The Bertz CT molecular complexity index is 514. The van der Waals surface area contributed by atoms with Crippen LogP contribution in [-0.2, 0) is 0 Å². The lowest BCUT2D eigenvalue weighted by molar-refractivity contribution is 0.128. The molecule has 5 nitrogen and oxygen atoms in total. The lowest BCUT2D eigenvalue weighted by atomic mass is 10.2. The second kappa shape index (κ2) is 8.87. The van der Waals surface area contributed by atoms with Crippen LogP contribution in [0.15, 0.2) is 24.3 Å². The van der Waals surface area contributed by atoms with Crippen molar-refractivity contribution in [2.45, 2.75) is 26.8 Å². The molecule has 1 saturated heterocycles. The fourth-order valence-electron chi connectivity index (χ4n) is 2.75. The van der Waals surface area contributed by atoms with Gasteiger partial charge in [0.15, 0.2) is 0 Å². The van der Waals surface area contributed by atoms with Crippen molar-refractivity contribution in [3.63, 3.8) is 0 Å². The maximum atomic E-state index is 12.8. The molecular weight excluding hydrogens is 309 g/mol. The number of amides is 2. The molecule has 2 rings (SSSR count).